The minimum atomic E-state index is -4.38. The number of rotatable bonds is 6. The molecule has 0 saturated carbocycles. The number of amides is 2. The van der Waals surface area contributed by atoms with Crippen LogP contribution in [0.15, 0.2) is 29.2 Å². The molecule has 0 aliphatic rings. The van der Waals surface area contributed by atoms with Crippen molar-refractivity contribution in [3.63, 3.8) is 0 Å². The topological polar surface area (TPSA) is 162 Å². The number of esters is 1. The summed E-state index contributed by atoms with van der Waals surface area (Å²) in [6.45, 7) is 0. The molecule has 0 aliphatic heterocycles. The van der Waals surface area contributed by atoms with Crippen molar-refractivity contribution in [3.05, 3.63) is 29.8 Å². The van der Waals surface area contributed by atoms with Gasteiger partial charge in [-0.25, -0.2) is 22.7 Å². The Bertz CT molecular complexity index is 942. The number of hydrogen-bond acceptors (Lipinski definition) is 10. The molecule has 13 heteroatoms. The fraction of sp³-hybridized carbons (Fsp3) is 0.214. The molecule has 2 aromatic rings. The van der Waals surface area contributed by atoms with E-state index < -0.39 is 26.9 Å². The van der Waals surface area contributed by atoms with E-state index in [1.165, 1.54) is 32.4 Å². The third-order valence-electron chi connectivity index (χ3n) is 3.06. The average Bonchev–Trinajstić information content (AvgIpc) is 2.66. The van der Waals surface area contributed by atoms with Gasteiger partial charge < -0.3 is 14.8 Å². The van der Waals surface area contributed by atoms with Crippen LogP contribution < -0.4 is 20.1 Å². The van der Waals surface area contributed by atoms with E-state index >= 15 is 0 Å². The van der Waals surface area contributed by atoms with Crippen LogP contribution in [-0.2, 0) is 14.8 Å². The number of ether oxygens (including phenoxy) is 2. The van der Waals surface area contributed by atoms with Gasteiger partial charge in [0.1, 0.15) is 4.90 Å². The largest absolute Gasteiger partial charge is 0.467 e. The van der Waals surface area contributed by atoms with Crippen LogP contribution in [0.5, 0.6) is 6.01 Å². The van der Waals surface area contributed by atoms with Crippen LogP contribution >= 0.6 is 0 Å². The van der Waals surface area contributed by atoms with E-state index in [1.807, 2.05) is 0 Å². The molecule has 27 heavy (non-hydrogen) atoms. The van der Waals surface area contributed by atoms with Crippen molar-refractivity contribution in [2.75, 3.05) is 31.9 Å². The molecule has 2 amide bonds. The molecule has 0 atom stereocenters. The van der Waals surface area contributed by atoms with Crippen LogP contribution in [0, 0.1) is 0 Å². The van der Waals surface area contributed by atoms with Gasteiger partial charge in [-0.2, -0.15) is 15.0 Å². The lowest BCUT2D eigenvalue weighted by Crippen LogP contribution is -2.35. The number of anilines is 2. The van der Waals surface area contributed by atoms with Crippen molar-refractivity contribution in [2.24, 2.45) is 0 Å². The Morgan fingerprint density at radius 3 is 2.33 bits per heavy atom. The van der Waals surface area contributed by atoms with E-state index in [-0.39, 0.29) is 23.5 Å². The average molecular weight is 396 g/mol. The summed E-state index contributed by atoms with van der Waals surface area (Å²) < 4.78 is 36.1. The third kappa shape index (κ3) is 4.78. The molecule has 2 rings (SSSR count). The number of carbonyl (C=O) groups is 2. The summed E-state index contributed by atoms with van der Waals surface area (Å²) in [7, 11) is -0.420. The van der Waals surface area contributed by atoms with Gasteiger partial charge in [-0.1, -0.05) is 12.1 Å². The molecule has 144 valence electrons. The second kappa shape index (κ2) is 8.27. The quantitative estimate of drug-likeness (QED) is 0.576. The van der Waals surface area contributed by atoms with E-state index in [1.54, 1.807) is 4.72 Å². The standard InChI is InChI=1S/C14H16N6O6S/c1-15-11-16-12(19-14(18-11)26-3)17-13(22)20-27(23,24)9-7-5-4-6-8(9)10(21)25-2/h4-7H,1-3H3,(H3,15,16,17,18,19,20,22). The molecular formula is C14H16N6O6S. The smallest absolute Gasteiger partial charge is 0.339 e. The molecule has 0 spiro atoms. The Morgan fingerprint density at radius 2 is 1.70 bits per heavy atom. The molecular weight excluding hydrogens is 380 g/mol. The van der Waals surface area contributed by atoms with Crippen LogP contribution in [0.2, 0.25) is 0 Å². The lowest BCUT2D eigenvalue weighted by Gasteiger charge is -2.11. The Hall–Kier alpha value is -3.48. The molecule has 3 N–H and O–H groups in total. The molecule has 0 bridgehead atoms. The van der Waals surface area contributed by atoms with Crippen molar-refractivity contribution >= 4 is 33.9 Å². The van der Waals surface area contributed by atoms with Gasteiger partial charge in [-0.05, 0) is 12.1 Å². The van der Waals surface area contributed by atoms with Crippen LogP contribution in [0.3, 0.4) is 0 Å². The van der Waals surface area contributed by atoms with E-state index in [9.17, 15) is 18.0 Å². The normalized spacial score (nSPS) is 10.6. The number of methoxy groups -OCH3 is 2. The number of carbonyl (C=O) groups excluding carboxylic acids is 2. The van der Waals surface area contributed by atoms with Crippen LogP contribution in [-0.4, -0.2) is 56.6 Å². The van der Waals surface area contributed by atoms with Gasteiger partial charge in [0.05, 0.1) is 19.8 Å². The molecule has 0 unspecified atom stereocenters. The molecule has 0 radical (unpaired) electrons. The van der Waals surface area contributed by atoms with Crippen molar-refractivity contribution in [1.82, 2.24) is 19.7 Å². The summed E-state index contributed by atoms with van der Waals surface area (Å²) in [5.74, 6) is -1.02. The summed E-state index contributed by atoms with van der Waals surface area (Å²) in [6.07, 6.45) is 0. The highest BCUT2D eigenvalue weighted by atomic mass is 32.2. The predicted molar refractivity (Wildman–Crippen MR) is 93.0 cm³/mol. The zero-order valence-electron chi connectivity index (χ0n) is 14.5. The zero-order chi connectivity index (χ0) is 20.0. The molecule has 12 nitrogen and oxygen atoms in total. The fourth-order valence-electron chi connectivity index (χ4n) is 1.90. The van der Waals surface area contributed by atoms with E-state index in [2.05, 4.69) is 30.3 Å². The first-order valence-corrected chi connectivity index (χ1v) is 8.78. The second-order valence-corrected chi connectivity index (χ2v) is 6.42. The zero-order valence-corrected chi connectivity index (χ0v) is 15.3. The highest BCUT2D eigenvalue weighted by Crippen LogP contribution is 2.16. The summed E-state index contributed by atoms with van der Waals surface area (Å²) in [5.41, 5.74) is -0.223. The number of nitrogens with zero attached hydrogens (tertiary/aromatic N) is 3. The van der Waals surface area contributed by atoms with Gasteiger partial charge >= 0.3 is 18.0 Å². The Kier molecular flexibility index (Phi) is 6.07. The SMILES string of the molecule is CNc1nc(NC(=O)NS(=O)(=O)c2ccccc2C(=O)OC)nc(OC)n1. The molecule has 0 fully saturated rings. The maximum atomic E-state index is 12.5. The minimum Gasteiger partial charge on any atom is -0.467 e. The first kappa shape index (κ1) is 19.8. The maximum absolute atomic E-state index is 12.5. The number of benzene rings is 1. The monoisotopic (exact) mass is 396 g/mol. The molecule has 1 aromatic carbocycles. The number of aromatic nitrogens is 3. The van der Waals surface area contributed by atoms with Crippen molar-refractivity contribution in [3.8, 4) is 6.01 Å². The lowest BCUT2D eigenvalue weighted by atomic mass is 10.2. The van der Waals surface area contributed by atoms with Crippen molar-refractivity contribution < 1.29 is 27.5 Å². The highest BCUT2D eigenvalue weighted by Gasteiger charge is 2.25. The van der Waals surface area contributed by atoms with Crippen LogP contribution in [0.4, 0.5) is 16.7 Å². The summed E-state index contributed by atoms with van der Waals surface area (Å²) >= 11 is 0. The molecule has 1 aromatic heterocycles. The van der Waals surface area contributed by atoms with E-state index in [0.717, 1.165) is 13.2 Å². The lowest BCUT2D eigenvalue weighted by molar-refractivity contribution is 0.0596. The van der Waals surface area contributed by atoms with Gasteiger partial charge in [0, 0.05) is 7.05 Å². The van der Waals surface area contributed by atoms with Gasteiger partial charge in [-0.15, -0.1) is 0 Å². The second-order valence-electron chi connectivity index (χ2n) is 4.77. The van der Waals surface area contributed by atoms with Crippen LogP contribution in [0.25, 0.3) is 0 Å². The number of nitrogens with one attached hydrogen (secondary N) is 3. The molecule has 0 saturated heterocycles. The number of sulfonamides is 1. The summed E-state index contributed by atoms with van der Waals surface area (Å²) in [6, 6.07) is 4.03. The minimum absolute atomic E-state index is 0.0936. The Balaban J connectivity index is 2.24. The summed E-state index contributed by atoms with van der Waals surface area (Å²) in [4.78, 5) is 34.9. The fourth-order valence-corrected chi connectivity index (χ4v) is 3.00. The first-order valence-electron chi connectivity index (χ1n) is 7.29. The van der Waals surface area contributed by atoms with Gasteiger partial charge in [0.25, 0.3) is 10.0 Å². The van der Waals surface area contributed by atoms with Gasteiger partial charge in [0.15, 0.2) is 0 Å². The first-order chi connectivity index (χ1) is 12.8. The van der Waals surface area contributed by atoms with Crippen molar-refractivity contribution in [2.45, 2.75) is 4.90 Å². The van der Waals surface area contributed by atoms with Crippen molar-refractivity contribution in [1.29, 1.82) is 0 Å². The highest BCUT2D eigenvalue weighted by molar-refractivity contribution is 7.90. The predicted octanol–water partition coefficient (Wildman–Crippen LogP) is 0.219. The molecule has 1 heterocycles. The number of urea groups is 1. The third-order valence-corrected chi connectivity index (χ3v) is 4.44. The summed E-state index contributed by atoms with van der Waals surface area (Å²) in [5, 5.41) is 4.78. The van der Waals surface area contributed by atoms with Gasteiger partial charge in [-0.3, -0.25) is 5.32 Å². The number of hydrogen-bond donors (Lipinski definition) is 3. The maximum Gasteiger partial charge on any atom is 0.339 e. The molecule has 0 aliphatic carbocycles. The Morgan fingerprint density at radius 1 is 1.04 bits per heavy atom. The van der Waals surface area contributed by atoms with Gasteiger partial charge in [0.2, 0.25) is 11.9 Å². The van der Waals surface area contributed by atoms with E-state index in [4.69, 9.17) is 4.74 Å². The van der Waals surface area contributed by atoms with Crippen LogP contribution in [0.1, 0.15) is 10.4 Å². The Labute approximate surface area is 154 Å². The van der Waals surface area contributed by atoms with E-state index in [0.29, 0.717) is 0 Å².